The van der Waals surface area contributed by atoms with Crippen LogP contribution in [0.5, 0.6) is 0 Å². The number of aromatic amines is 1. The fraction of sp³-hybridized carbons (Fsp3) is 0. The van der Waals surface area contributed by atoms with Crippen LogP contribution in [0.3, 0.4) is 0 Å². The number of hydrogen-bond donors (Lipinski definition) is 1. The van der Waals surface area contributed by atoms with E-state index in [9.17, 15) is 0 Å². The van der Waals surface area contributed by atoms with Crippen LogP contribution in [0.25, 0.3) is 33.1 Å². The number of H-pyrrole nitrogens is 1. The molecule has 2 aromatic carbocycles. The Labute approximate surface area is 120 Å². The predicted molar refractivity (Wildman–Crippen MR) is 84.3 cm³/mol. The number of fused-ring (bicyclic) bond motifs is 2. The zero-order chi connectivity index (χ0) is 13.5. The molecule has 0 aliphatic rings. The molecule has 0 atom stereocenters. The van der Waals surface area contributed by atoms with Gasteiger partial charge in [0.05, 0.1) is 15.8 Å². The molecule has 0 aliphatic carbocycles. The van der Waals surface area contributed by atoms with Crippen LogP contribution in [0, 0.1) is 4.51 Å². The number of nitrogens with one attached hydrogen (secondary N) is 1. The molecule has 2 aromatic heterocycles. The summed E-state index contributed by atoms with van der Waals surface area (Å²) in [6.07, 6.45) is 1.73. The van der Waals surface area contributed by atoms with Gasteiger partial charge in [-0.25, -0.2) is 0 Å². The Hall–Kier alpha value is -2.39. The van der Waals surface area contributed by atoms with Gasteiger partial charge in [-0.05, 0) is 24.3 Å². The summed E-state index contributed by atoms with van der Waals surface area (Å²) in [7, 11) is 0. The van der Waals surface area contributed by atoms with Crippen molar-refractivity contribution in [3.05, 3.63) is 65.4 Å². The average molecular weight is 277 g/mol. The topological polar surface area (TPSA) is 28.9 Å². The molecule has 0 saturated heterocycles. The van der Waals surface area contributed by atoms with Crippen LogP contribution in [0.4, 0.5) is 0 Å². The molecular weight excluding hydrogens is 266 g/mol. The molecule has 0 spiro atoms. The van der Waals surface area contributed by atoms with Crippen LogP contribution in [0.15, 0.2) is 65.3 Å². The van der Waals surface area contributed by atoms with Crippen LogP contribution in [-0.2, 0) is 0 Å². The second-order valence-electron chi connectivity index (χ2n) is 4.74. The zero-order valence-corrected chi connectivity index (χ0v) is 11.4. The van der Waals surface area contributed by atoms with Gasteiger partial charge in [0.2, 0.25) is 0 Å². The Balaban J connectivity index is 2.02. The number of para-hydroxylation sites is 2. The molecule has 0 bridgehead atoms. The van der Waals surface area contributed by atoms with Crippen molar-refractivity contribution in [3.8, 4) is 11.3 Å². The number of benzene rings is 2. The van der Waals surface area contributed by atoms with Crippen LogP contribution in [-0.4, -0.2) is 4.98 Å². The van der Waals surface area contributed by atoms with E-state index in [2.05, 4.69) is 23.2 Å². The standard InChI is InChI=1S/C17H11NOS/c20-17-12-6-2-4-8-16(12)19-10-13(17)15-9-11-5-1-3-7-14(11)18-15/h1-10,18H. The average Bonchev–Trinajstić information content (AvgIpc) is 2.91. The molecule has 0 radical (unpaired) electrons. The van der Waals surface area contributed by atoms with E-state index in [0.717, 1.165) is 32.3 Å². The molecule has 4 rings (SSSR count). The minimum absolute atomic E-state index is 0.817. The lowest BCUT2D eigenvalue weighted by Gasteiger charge is -2.01. The summed E-state index contributed by atoms with van der Waals surface area (Å²) in [5.41, 5.74) is 3.84. The first-order chi connectivity index (χ1) is 9.83. The van der Waals surface area contributed by atoms with Crippen molar-refractivity contribution in [2.45, 2.75) is 0 Å². The second-order valence-corrected chi connectivity index (χ2v) is 5.15. The van der Waals surface area contributed by atoms with E-state index >= 15 is 0 Å². The van der Waals surface area contributed by atoms with E-state index in [-0.39, 0.29) is 0 Å². The summed E-state index contributed by atoms with van der Waals surface area (Å²) in [5, 5.41) is 2.14. The first kappa shape index (κ1) is 11.4. The molecular formula is C17H11NOS. The number of aromatic nitrogens is 1. The number of hydrogen-bond acceptors (Lipinski definition) is 2. The summed E-state index contributed by atoms with van der Waals surface area (Å²) in [6.45, 7) is 0. The van der Waals surface area contributed by atoms with Gasteiger partial charge in [0.1, 0.15) is 11.8 Å². The van der Waals surface area contributed by atoms with Crippen molar-refractivity contribution in [2.75, 3.05) is 0 Å². The molecule has 0 unspecified atom stereocenters. The smallest absolute Gasteiger partial charge is 0.135 e. The third-order valence-electron chi connectivity index (χ3n) is 3.50. The Morgan fingerprint density at radius 2 is 1.75 bits per heavy atom. The Morgan fingerprint density at radius 1 is 0.950 bits per heavy atom. The monoisotopic (exact) mass is 277 g/mol. The summed E-state index contributed by atoms with van der Waals surface area (Å²) < 4.78 is 6.51. The Morgan fingerprint density at radius 3 is 2.65 bits per heavy atom. The van der Waals surface area contributed by atoms with E-state index < -0.39 is 0 Å². The first-order valence-corrected chi connectivity index (χ1v) is 6.82. The fourth-order valence-electron chi connectivity index (χ4n) is 2.48. The van der Waals surface area contributed by atoms with Gasteiger partial charge < -0.3 is 9.40 Å². The molecule has 20 heavy (non-hydrogen) atoms. The van der Waals surface area contributed by atoms with Gasteiger partial charge in [-0.3, -0.25) is 0 Å². The lowest BCUT2D eigenvalue weighted by atomic mass is 10.1. The largest absolute Gasteiger partial charge is 0.464 e. The maximum atomic E-state index is 5.69. The molecule has 4 aromatic rings. The Kier molecular flexibility index (Phi) is 2.47. The third-order valence-corrected chi connectivity index (χ3v) is 3.94. The van der Waals surface area contributed by atoms with Gasteiger partial charge in [-0.15, -0.1) is 0 Å². The van der Waals surface area contributed by atoms with Gasteiger partial charge in [0, 0.05) is 16.3 Å². The minimum Gasteiger partial charge on any atom is -0.464 e. The molecule has 96 valence electrons. The van der Waals surface area contributed by atoms with E-state index in [0.29, 0.717) is 0 Å². The van der Waals surface area contributed by atoms with Gasteiger partial charge >= 0.3 is 0 Å². The highest BCUT2D eigenvalue weighted by Gasteiger charge is 2.08. The van der Waals surface area contributed by atoms with Crippen molar-refractivity contribution in [2.24, 2.45) is 0 Å². The summed E-state index contributed by atoms with van der Waals surface area (Å²) >= 11 is 5.60. The highest BCUT2D eigenvalue weighted by Crippen LogP contribution is 2.28. The highest BCUT2D eigenvalue weighted by atomic mass is 32.1. The van der Waals surface area contributed by atoms with E-state index in [1.54, 1.807) is 6.26 Å². The highest BCUT2D eigenvalue weighted by molar-refractivity contribution is 7.71. The molecule has 0 fully saturated rings. The molecule has 2 nitrogen and oxygen atoms in total. The molecule has 2 heterocycles. The van der Waals surface area contributed by atoms with Crippen LogP contribution < -0.4 is 0 Å². The lowest BCUT2D eigenvalue weighted by molar-refractivity contribution is 0.605. The maximum absolute atomic E-state index is 5.69. The van der Waals surface area contributed by atoms with E-state index in [1.807, 2.05) is 36.4 Å². The summed E-state index contributed by atoms with van der Waals surface area (Å²) in [5.74, 6) is 0. The predicted octanol–water partition coefficient (Wildman–Crippen LogP) is 5.31. The molecule has 1 N–H and O–H groups in total. The SMILES string of the molecule is S=c1c(-c2cc3ccccc3[nH]2)coc2ccccc12. The summed E-state index contributed by atoms with van der Waals surface area (Å²) in [4.78, 5) is 3.39. The van der Waals surface area contributed by atoms with Gasteiger partial charge in [0.25, 0.3) is 0 Å². The number of rotatable bonds is 1. The molecule has 0 saturated carbocycles. The van der Waals surface area contributed by atoms with Gasteiger partial charge in [-0.2, -0.15) is 0 Å². The van der Waals surface area contributed by atoms with Crippen molar-refractivity contribution in [1.82, 2.24) is 4.98 Å². The van der Waals surface area contributed by atoms with E-state index in [1.165, 1.54) is 5.39 Å². The fourth-order valence-corrected chi connectivity index (χ4v) is 2.81. The Bertz CT molecular complexity index is 948. The van der Waals surface area contributed by atoms with Crippen molar-refractivity contribution < 1.29 is 4.42 Å². The van der Waals surface area contributed by atoms with Gasteiger partial charge in [0.15, 0.2) is 0 Å². The first-order valence-electron chi connectivity index (χ1n) is 6.41. The summed E-state index contributed by atoms with van der Waals surface area (Å²) in [6, 6.07) is 18.1. The van der Waals surface area contributed by atoms with E-state index in [4.69, 9.17) is 16.6 Å². The van der Waals surface area contributed by atoms with Crippen molar-refractivity contribution in [1.29, 1.82) is 0 Å². The maximum Gasteiger partial charge on any atom is 0.135 e. The molecule has 0 aliphatic heterocycles. The molecule has 3 heteroatoms. The van der Waals surface area contributed by atoms with Crippen molar-refractivity contribution in [3.63, 3.8) is 0 Å². The third kappa shape index (κ3) is 1.67. The van der Waals surface area contributed by atoms with Crippen molar-refractivity contribution >= 4 is 34.1 Å². The normalized spacial score (nSPS) is 11.2. The van der Waals surface area contributed by atoms with Gasteiger partial charge in [-0.1, -0.05) is 42.5 Å². The quantitative estimate of drug-likeness (QED) is 0.478. The van der Waals surface area contributed by atoms with Crippen LogP contribution in [0.1, 0.15) is 0 Å². The zero-order valence-electron chi connectivity index (χ0n) is 10.6. The second kappa shape index (κ2) is 4.32. The van der Waals surface area contributed by atoms with Crippen LogP contribution in [0.2, 0.25) is 0 Å². The minimum atomic E-state index is 0.817. The molecule has 0 amide bonds. The van der Waals surface area contributed by atoms with Crippen LogP contribution >= 0.6 is 12.2 Å². The lowest BCUT2D eigenvalue weighted by Crippen LogP contribution is -1.81.